The van der Waals surface area contributed by atoms with E-state index < -0.39 is 27.7 Å². The van der Waals surface area contributed by atoms with Crippen molar-refractivity contribution in [3.63, 3.8) is 0 Å². The predicted octanol–water partition coefficient (Wildman–Crippen LogP) is 1.95. The molecule has 0 aliphatic heterocycles. The van der Waals surface area contributed by atoms with Crippen molar-refractivity contribution < 1.29 is 22.4 Å². The number of hydrogen-bond donors (Lipinski definition) is 3. The van der Waals surface area contributed by atoms with Crippen LogP contribution in [0.4, 0.5) is 15.8 Å². The fourth-order valence-electron chi connectivity index (χ4n) is 2.10. The molecule has 27 heavy (non-hydrogen) atoms. The number of hydrogen-bond acceptors (Lipinski definition) is 4. The molecule has 0 fully saturated rings. The topological polar surface area (TPSA) is 104 Å². The number of halogens is 1. The molecular weight excluding hydrogens is 373 g/mol. The third kappa shape index (κ3) is 5.37. The number of terminal acetylenes is 1. The van der Waals surface area contributed by atoms with Crippen molar-refractivity contribution >= 4 is 33.2 Å². The average Bonchev–Trinajstić information content (AvgIpc) is 2.62. The van der Waals surface area contributed by atoms with Crippen LogP contribution in [0, 0.1) is 18.2 Å². The standard InChI is InChI=1S/C18H16FN3O4S/c1-3-10-20-27(25,26)15-7-4-13(5-8-15)18(24)22-14-6-9-16(19)17(11-14)21-12(2)23/h1,4-9,11,20H,10H2,2H3,(H,21,23)(H,22,24). The lowest BCUT2D eigenvalue weighted by atomic mass is 10.2. The molecule has 0 saturated heterocycles. The zero-order valence-corrected chi connectivity index (χ0v) is 15.1. The van der Waals surface area contributed by atoms with Gasteiger partial charge in [-0.3, -0.25) is 9.59 Å². The van der Waals surface area contributed by atoms with Crippen molar-refractivity contribution in [3.05, 3.63) is 53.8 Å². The normalized spacial score (nSPS) is 10.7. The minimum atomic E-state index is -3.75. The highest BCUT2D eigenvalue weighted by molar-refractivity contribution is 7.89. The van der Waals surface area contributed by atoms with Gasteiger partial charge >= 0.3 is 0 Å². The van der Waals surface area contributed by atoms with Gasteiger partial charge in [-0.05, 0) is 42.5 Å². The van der Waals surface area contributed by atoms with Crippen molar-refractivity contribution in [1.82, 2.24) is 4.72 Å². The van der Waals surface area contributed by atoms with Gasteiger partial charge in [-0.15, -0.1) is 6.42 Å². The monoisotopic (exact) mass is 389 g/mol. The van der Waals surface area contributed by atoms with Crippen molar-refractivity contribution in [2.45, 2.75) is 11.8 Å². The van der Waals surface area contributed by atoms with Crippen LogP contribution in [-0.2, 0) is 14.8 Å². The maximum absolute atomic E-state index is 13.6. The van der Waals surface area contributed by atoms with Gasteiger partial charge in [-0.1, -0.05) is 5.92 Å². The zero-order valence-electron chi connectivity index (χ0n) is 14.2. The maximum atomic E-state index is 13.6. The van der Waals surface area contributed by atoms with Gasteiger partial charge < -0.3 is 10.6 Å². The predicted molar refractivity (Wildman–Crippen MR) is 99.1 cm³/mol. The van der Waals surface area contributed by atoms with Crippen LogP contribution in [0.15, 0.2) is 47.4 Å². The summed E-state index contributed by atoms with van der Waals surface area (Å²) in [5.41, 5.74) is 0.384. The van der Waals surface area contributed by atoms with Gasteiger partial charge in [0.2, 0.25) is 15.9 Å². The molecule has 9 heteroatoms. The van der Waals surface area contributed by atoms with E-state index in [1.165, 1.54) is 43.3 Å². The lowest BCUT2D eigenvalue weighted by Gasteiger charge is -2.09. The Morgan fingerprint density at radius 1 is 1.11 bits per heavy atom. The van der Waals surface area contributed by atoms with Crippen molar-refractivity contribution in [1.29, 1.82) is 0 Å². The molecule has 0 aliphatic rings. The van der Waals surface area contributed by atoms with E-state index in [9.17, 15) is 22.4 Å². The fourth-order valence-corrected chi connectivity index (χ4v) is 3.03. The Hall–Kier alpha value is -3.22. The molecular formula is C18H16FN3O4S. The van der Waals surface area contributed by atoms with E-state index in [1.54, 1.807) is 0 Å². The first-order valence-corrected chi connectivity index (χ1v) is 9.13. The second-order valence-electron chi connectivity index (χ2n) is 5.38. The number of rotatable bonds is 6. The van der Waals surface area contributed by atoms with Crippen LogP contribution in [0.25, 0.3) is 0 Å². The molecule has 140 valence electrons. The molecule has 0 unspecified atom stereocenters. The SMILES string of the molecule is C#CCNS(=O)(=O)c1ccc(C(=O)Nc2ccc(F)c(NC(C)=O)c2)cc1. The molecule has 0 bridgehead atoms. The third-order valence-corrected chi connectivity index (χ3v) is 4.74. The van der Waals surface area contributed by atoms with Crippen molar-refractivity contribution in [3.8, 4) is 12.3 Å². The molecule has 2 rings (SSSR count). The smallest absolute Gasteiger partial charge is 0.255 e. The van der Waals surface area contributed by atoms with Crippen LogP contribution in [0.3, 0.4) is 0 Å². The Labute approximate surface area is 156 Å². The van der Waals surface area contributed by atoms with Crippen LogP contribution < -0.4 is 15.4 Å². The van der Waals surface area contributed by atoms with E-state index in [0.29, 0.717) is 0 Å². The molecule has 0 saturated carbocycles. The van der Waals surface area contributed by atoms with Gasteiger partial charge in [0.05, 0.1) is 17.1 Å². The fraction of sp³-hybridized carbons (Fsp3) is 0.111. The zero-order chi connectivity index (χ0) is 20.0. The Bertz CT molecular complexity index is 1010. The third-order valence-electron chi connectivity index (χ3n) is 3.33. The second kappa shape index (κ2) is 8.44. The average molecular weight is 389 g/mol. The molecule has 2 aromatic carbocycles. The van der Waals surface area contributed by atoms with Gasteiger partial charge in [0.25, 0.3) is 5.91 Å². The summed E-state index contributed by atoms with van der Waals surface area (Å²) in [6, 6.07) is 8.91. The number of amides is 2. The Morgan fingerprint density at radius 3 is 2.37 bits per heavy atom. The summed E-state index contributed by atoms with van der Waals surface area (Å²) in [7, 11) is -3.75. The minimum absolute atomic E-state index is 0.0379. The van der Waals surface area contributed by atoms with Gasteiger partial charge in [0.15, 0.2) is 0 Å². The summed E-state index contributed by atoms with van der Waals surface area (Å²) >= 11 is 0. The van der Waals surface area contributed by atoms with E-state index in [-0.39, 0.29) is 28.4 Å². The van der Waals surface area contributed by atoms with Crippen LogP contribution in [0.5, 0.6) is 0 Å². The molecule has 0 atom stereocenters. The minimum Gasteiger partial charge on any atom is -0.324 e. The highest BCUT2D eigenvalue weighted by atomic mass is 32.2. The second-order valence-corrected chi connectivity index (χ2v) is 7.15. The first-order valence-electron chi connectivity index (χ1n) is 7.64. The summed E-state index contributed by atoms with van der Waals surface area (Å²) in [4.78, 5) is 23.3. The molecule has 0 aromatic heterocycles. The first-order chi connectivity index (χ1) is 12.7. The summed E-state index contributed by atoms with van der Waals surface area (Å²) in [5.74, 6) is 0.539. The lowest BCUT2D eigenvalue weighted by molar-refractivity contribution is -0.114. The molecule has 0 heterocycles. The van der Waals surface area contributed by atoms with E-state index in [1.807, 2.05) is 0 Å². The summed E-state index contributed by atoms with van der Waals surface area (Å²) in [5, 5.41) is 4.86. The lowest BCUT2D eigenvalue weighted by Crippen LogP contribution is -2.24. The van der Waals surface area contributed by atoms with Crippen LogP contribution in [-0.4, -0.2) is 26.8 Å². The summed E-state index contributed by atoms with van der Waals surface area (Å²) in [6.45, 7) is 1.09. The number of nitrogens with one attached hydrogen (secondary N) is 3. The number of benzene rings is 2. The Balaban J connectivity index is 2.15. The van der Waals surface area contributed by atoms with Gasteiger partial charge in [0.1, 0.15) is 5.82 Å². The summed E-state index contributed by atoms with van der Waals surface area (Å²) < 4.78 is 39.7. The molecule has 7 nitrogen and oxygen atoms in total. The quantitative estimate of drug-likeness (QED) is 0.657. The highest BCUT2D eigenvalue weighted by Crippen LogP contribution is 2.20. The van der Waals surface area contributed by atoms with Gasteiger partial charge in [0, 0.05) is 18.2 Å². The van der Waals surface area contributed by atoms with E-state index in [2.05, 4.69) is 21.3 Å². The van der Waals surface area contributed by atoms with Gasteiger partial charge in [-0.25, -0.2) is 12.8 Å². The Morgan fingerprint density at radius 2 is 1.78 bits per heavy atom. The molecule has 0 spiro atoms. The highest BCUT2D eigenvalue weighted by Gasteiger charge is 2.14. The maximum Gasteiger partial charge on any atom is 0.255 e. The molecule has 2 amide bonds. The largest absolute Gasteiger partial charge is 0.324 e. The molecule has 0 radical (unpaired) electrons. The molecule has 3 N–H and O–H groups in total. The number of carbonyl (C=O) groups is 2. The van der Waals surface area contributed by atoms with Crippen LogP contribution in [0.1, 0.15) is 17.3 Å². The number of carbonyl (C=O) groups excluding carboxylic acids is 2. The van der Waals surface area contributed by atoms with E-state index >= 15 is 0 Å². The summed E-state index contributed by atoms with van der Waals surface area (Å²) in [6.07, 6.45) is 5.02. The molecule has 0 aliphatic carbocycles. The number of sulfonamides is 1. The van der Waals surface area contributed by atoms with Crippen LogP contribution >= 0.6 is 0 Å². The molecule has 2 aromatic rings. The van der Waals surface area contributed by atoms with E-state index in [0.717, 1.165) is 6.07 Å². The Kier molecular flexibility index (Phi) is 6.28. The van der Waals surface area contributed by atoms with Gasteiger partial charge in [-0.2, -0.15) is 4.72 Å². The number of anilines is 2. The first kappa shape index (κ1) is 20.1. The van der Waals surface area contributed by atoms with Crippen LogP contribution in [0.2, 0.25) is 0 Å². The van der Waals surface area contributed by atoms with Crippen molar-refractivity contribution in [2.24, 2.45) is 0 Å². The van der Waals surface area contributed by atoms with E-state index in [4.69, 9.17) is 6.42 Å². The van der Waals surface area contributed by atoms with Crippen molar-refractivity contribution in [2.75, 3.05) is 17.2 Å².